The van der Waals surface area contributed by atoms with Crippen molar-refractivity contribution in [2.24, 2.45) is 0 Å². The molecule has 1 amide bonds. The van der Waals surface area contributed by atoms with Crippen LogP contribution in [-0.2, 0) is 21.2 Å². The van der Waals surface area contributed by atoms with Gasteiger partial charge in [0.25, 0.3) is 10.0 Å². The number of amides is 1. The molecule has 3 rings (SSSR count). The van der Waals surface area contributed by atoms with Crippen molar-refractivity contribution in [2.75, 3.05) is 10.0 Å². The van der Waals surface area contributed by atoms with E-state index in [0.29, 0.717) is 11.4 Å². The van der Waals surface area contributed by atoms with Crippen LogP contribution in [0.1, 0.15) is 10.4 Å². The molecule has 7 heteroatoms. The third-order valence-electron chi connectivity index (χ3n) is 3.73. The minimum absolute atomic E-state index is 0.145. The molecule has 0 atom stereocenters. The largest absolute Gasteiger partial charge is 0.326 e. The molecule has 3 aromatic rings. The van der Waals surface area contributed by atoms with Gasteiger partial charge in [-0.1, -0.05) is 30.3 Å². The molecule has 0 unspecified atom stereocenters. The summed E-state index contributed by atoms with van der Waals surface area (Å²) >= 11 is 1.52. The van der Waals surface area contributed by atoms with Crippen LogP contribution < -0.4 is 10.0 Å². The summed E-state index contributed by atoms with van der Waals surface area (Å²) in [6.07, 6.45) is 0.288. The van der Waals surface area contributed by atoms with Crippen molar-refractivity contribution in [3.8, 4) is 0 Å². The van der Waals surface area contributed by atoms with Crippen LogP contribution in [-0.4, -0.2) is 14.3 Å². The molecule has 0 aliphatic rings. The van der Waals surface area contributed by atoms with Gasteiger partial charge in [-0.2, -0.15) is 0 Å². The number of benzene rings is 2. The first-order valence-corrected chi connectivity index (χ1v) is 10.3. The van der Waals surface area contributed by atoms with Gasteiger partial charge in [-0.05, 0) is 48.2 Å². The van der Waals surface area contributed by atoms with Crippen LogP contribution in [0.4, 0.5) is 11.4 Å². The van der Waals surface area contributed by atoms with E-state index in [1.807, 2.05) is 17.5 Å². The Hall–Kier alpha value is -2.64. The van der Waals surface area contributed by atoms with Crippen molar-refractivity contribution in [2.45, 2.75) is 18.2 Å². The fraction of sp³-hybridized carbons (Fsp3) is 0.105. The average Bonchev–Trinajstić information content (AvgIpc) is 3.11. The summed E-state index contributed by atoms with van der Waals surface area (Å²) < 4.78 is 27.6. The maximum absolute atomic E-state index is 12.5. The molecular weight excluding hydrogens is 368 g/mol. The Morgan fingerprint density at radius 1 is 1.04 bits per heavy atom. The molecule has 0 saturated heterocycles. The van der Waals surface area contributed by atoms with Crippen molar-refractivity contribution >= 4 is 38.6 Å². The van der Waals surface area contributed by atoms with Crippen LogP contribution >= 0.6 is 11.3 Å². The molecule has 5 nitrogen and oxygen atoms in total. The topological polar surface area (TPSA) is 75.3 Å². The summed E-state index contributed by atoms with van der Waals surface area (Å²) in [7, 11) is -3.68. The highest BCUT2D eigenvalue weighted by atomic mass is 32.2. The number of hydrogen-bond donors (Lipinski definition) is 2. The van der Waals surface area contributed by atoms with Gasteiger partial charge >= 0.3 is 0 Å². The fourth-order valence-electron chi connectivity index (χ4n) is 2.39. The molecule has 2 aromatic carbocycles. The van der Waals surface area contributed by atoms with Gasteiger partial charge in [0.2, 0.25) is 5.91 Å². The van der Waals surface area contributed by atoms with E-state index in [1.165, 1.54) is 23.5 Å². The van der Waals surface area contributed by atoms with Crippen LogP contribution in [0.5, 0.6) is 0 Å². The Labute approximate surface area is 156 Å². The van der Waals surface area contributed by atoms with E-state index in [4.69, 9.17) is 0 Å². The molecule has 0 spiro atoms. The molecule has 0 saturated carbocycles. The van der Waals surface area contributed by atoms with Crippen molar-refractivity contribution in [1.29, 1.82) is 0 Å². The summed E-state index contributed by atoms with van der Waals surface area (Å²) in [6.45, 7) is 1.81. The van der Waals surface area contributed by atoms with E-state index >= 15 is 0 Å². The molecule has 2 N–H and O–H groups in total. The summed E-state index contributed by atoms with van der Waals surface area (Å²) in [4.78, 5) is 13.3. The van der Waals surface area contributed by atoms with Gasteiger partial charge in [0, 0.05) is 10.6 Å². The lowest BCUT2D eigenvalue weighted by Crippen LogP contribution is -2.16. The third kappa shape index (κ3) is 4.50. The summed E-state index contributed by atoms with van der Waals surface area (Å²) in [5, 5.41) is 4.73. The summed E-state index contributed by atoms with van der Waals surface area (Å²) in [5.41, 5.74) is 1.74. The van der Waals surface area contributed by atoms with Crippen molar-refractivity contribution in [1.82, 2.24) is 0 Å². The fourth-order valence-corrected chi connectivity index (χ4v) is 4.24. The number of carbonyl (C=O) groups excluding carboxylic acids is 1. The Balaban J connectivity index is 1.76. The highest BCUT2D eigenvalue weighted by molar-refractivity contribution is 7.92. The van der Waals surface area contributed by atoms with Gasteiger partial charge < -0.3 is 5.32 Å². The maximum Gasteiger partial charge on any atom is 0.261 e. The molecule has 0 fully saturated rings. The Bertz CT molecular complexity index is 999. The van der Waals surface area contributed by atoms with Gasteiger partial charge in [0.1, 0.15) is 0 Å². The lowest BCUT2D eigenvalue weighted by Gasteiger charge is -2.13. The van der Waals surface area contributed by atoms with E-state index < -0.39 is 10.0 Å². The van der Waals surface area contributed by atoms with E-state index in [0.717, 1.165) is 10.4 Å². The zero-order chi connectivity index (χ0) is 18.6. The number of carbonyl (C=O) groups is 1. The highest BCUT2D eigenvalue weighted by Crippen LogP contribution is 2.24. The second-order valence-corrected chi connectivity index (χ2v) is 8.47. The predicted molar refractivity (Wildman–Crippen MR) is 105 cm³/mol. The third-order valence-corrected chi connectivity index (χ3v) is 5.99. The first kappa shape index (κ1) is 18.2. The molecule has 1 aromatic heterocycles. The number of thiophene rings is 1. The first-order chi connectivity index (χ1) is 12.4. The van der Waals surface area contributed by atoms with Crippen LogP contribution in [0.2, 0.25) is 0 Å². The maximum atomic E-state index is 12.5. The zero-order valence-electron chi connectivity index (χ0n) is 14.1. The van der Waals surface area contributed by atoms with Crippen LogP contribution in [0, 0.1) is 6.92 Å². The molecule has 0 radical (unpaired) electrons. The minimum Gasteiger partial charge on any atom is -0.326 e. The van der Waals surface area contributed by atoms with Crippen molar-refractivity contribution in [3.63, 3.8) is 0 Å². The van der Waals surface area contributed by atoms with E-state index in [-0.39, 0.29) is 17.2 Å². The number of hydrogen-bond acceptors (Lipinski definition) is 4. The van der Waals surface area contributed by atoms with Crippen LogP contribution in [0.3, 0.4) is 0 Å². The lowest BCUT2D eigenvalue weighted by atomic mass is 10.2. The second-order valence-electron chi connectivity index (χ2n) is 5.75. The second kappa shape index (κ2) is 7.72. The molecule has 1 heterocycles. The lowest BCUT2D eigenvalue weighted by molar-refractivity contribution is -0.115. The Kier molecular flexibility index (Phi) is 5.39. The van der Waals surface area contributed by atoms with Gasteiger partial charge in [-0.15, -0.1) is 11.3 Å². The standard InChI is InChI=1S/C19H18N2O3S2/c1-14-9-10-15(20-19(22)13-16-6-5-11-25-16)12-18(14)21-26(23,24)17-7-3-2-4-8-17/h2-12,21H,13H2,1H3,(H,20,22). The number of anilines is 2. The van der Waals surface area contributed by atoms with Crippen molar-refractivity contribution < 1.29 is 13.2 Å². The van der Waals surface area contributed by atoms with E-state index in [1.54, 1.807) is 43.3 Å². The van der Waals surface area contributed by atoms with Gasteiger partial charge in [0.15, 0.2) is 0 Å². The Morgan fingerprint density at radius 3 is 2.50 bits per heavy atom. The minimum atomic E-state index is -3.68. The van der Waals surface area contributed by atoms with E-state index in [2.05, 4.69) is 10.0 Å². The van der Waals surface area contributed by atoms with E-state index in [9.17, 15) is 13.2 Å². The van der Waals surface area contributed by atoms with Gasteiger partial charge in [0.05, 0.1) is 17.0 Å². The van der Waals surface area contributed by atoms with Crippen LogP contribution in [0.15, 0.2) is 70.9 Å². The predicted octanol–water partition coefficient (Wildman–Crippen LogP) is 4.04. The first-order valence-electron chi connectivity index (χ1n) is 7.95. The van der Waals surface area contributed by atoms with Gasteiger partial charge in [-0.3, -0.25) is 9.52 Å². The molecule has 0 aliphatic carbocycles. The number of nitrogens with one attached hydrogen (secondary N) is 2. The zero-order valence-corrected chi connectivity index (χ0v) is 15.7. The summed E-state index contributed by atoms with van der Waals surface area (Å²) in [5.74, 6) is -0.145. The smallest absolute Gasteiger partial charge is 0.261 e. The van der Waals surface area contributed by atoms with Crippen LogP contribution in [0.25, 0.3) is 0 Å². The van der Waals surface area contributed by atoms with Gasteiger partial charge in [-0.25, -0.2) is 8.42 Å². The Morgan fingerprint density at radius 2 is 1.81 bits per heavy atom. The molecule has 0 aliphatic heterocycles. The number of rotatable bonds is 6. The van der Waals surface area contributed by atoms with Crippen molar-refractivity contribution in [3.05, 3.63) is 76.5 Å². The quantitative estimate of drug-likeness (QED) is 0.671. The molecule has 26 heavy (non-hydrogen) atoms. The number of sulfonamides is 1. The molecule has 134 valence electrons. The normalized spacial score (nSPS) is 11.1. The monoisotopic (exact) mass is 386 g/mol. The highest BCUT2D eigenvalue weighted by Gasteiger charge is 2.15. The SMILES string of the molecule is Cc1ccc(NC(=O)Cc2cccs2)cc1NS(=O)(=O)c1ccccc1. The molecule has 0 bridgehead atoms. The summed E-state index contributed by atoms with van der Waals surface area (Å²) in [6, 6.07) is 17.1. The molecular formula is C19H18N2O3S2. The average molecular weight is 386 g/mol. The number of aryl methyl sites for hydroxylation is 1.